The van der Waals surface area contributed by atoms with Crippen molar-refractivity contribution in [1.82, 2.24) is 5.32 Å². The summed E-state index contributed by atoms with van der Waals surface area (Å²) in [6.07, 6.45) is 20.9. The summed E-state index contributed by atoms with van der Waals surface area (Å²) in [5, 5.41) is 19.6. The SMILES string of the molecule is CCCCCCCCCCCCCCCCCC(=O)N[C@@H](C)C(=O)O.NC(N)=NCCCC(N)C(=O)O. The third-order valence-corrected chi connectivity index (χ3v) is 6.04. The Morgan fingerprint density at radius 3 is 1.54 bits per heavy atom. The van der Waals surface area contributed by atoms with Gasteiger partial charge in [0.05, 0.1) is 0 Å². The Morgan fingerprint density at radius 1 is 0.730 bits per heavy atom. The van der Waals surface area contributed by atoms with Crippen molar-refractivity contribution in [3.05, 3.63) is 0 Å². The molecular weight excluding hydrogens is 474 g/mol. The third kappa shape index (κ3) is 29.8. The molecule has 0 aromatic carbocycles. The number of guanidine groups is 1. The average Bonchev–Trinajstić information content (AvgIpc) is 2.84. The Morgan fingerprint density at radius 2 is 1.16 bits per heavy atom. The highest BCUT2D eigenvalue weighted by molar-refractivity contribution is 5.83. The molecule has 0 rings (SSSR count). The van der Waals surface area contributed by atoms with Crippen LogP contribution in [0.15, 0.2) is 4.99 Å². The molecule has 1 amide bonds. The molecule has 0 fully saturated rings. The monoisotopic (exact) mass is 529 g/mol. The first-order valence-corrected chi connectivity index (χ1v) is 14.2. The molecule has 37 heavy (non-hydrogen) atoms. The number of unbranched alkanes of at least 4 members (excludes halogenated alkanes) is 14. The van der Waals surface area contributed by atoms with Crippen molar-refractivity contribution in [1.29, 1.82) is 0 Å². The maximum atomic E-state index is 11.5. The molecule has 0 aromatic heterocycles. The van der Waals surface area contributed by atoms with E-state index >= 15 is 0 Å². The lowest BCUT2D eigenvalue weighted by Gasteiger charge is -2.08. The van der Waals surface area contributed by atoms with Gasteiger partial charge in [0.2, 0.25) is 5.91 Å². The summed E-state index contributed by atoms with van der Waals surface area (Å²) in [6, 6.07) is -1.61. The smallest absolute Gasteiger partial charge is 0.325 e. The minimum Gasteiger partial charge on any atom is -0.480 e. The fourth-order valence-corrected chi connectivity index (χ4v) is 3.68. The highest BCUT2D eigenvalue weighted by atomic mass is 16.4. The lowest BCUT2D eigenvalue weighted by atomic mass is 10.0. The van der Waals surface area contributed by atoms with Crippen molar-refractivity contribution in [3.63, 3.8) is 0 Å². The van der Waals surface area contributed by atoms with Crippen LogP contribution in [0.2, 0.25) is 0 Å². The molecule has 0 aromatic rings. The molecule has 0 saturated heterocycles. The number of aliphatic carboxylic acids is 2. The topological polar surface area (TPSA) is 194 Å². The number of carboxylic acids is 2. The van der Waals surface area contributed by atoms with E-state index < -0.39 is 24.0 Å². The van der Waals surface area contributed by atoms with Crippen molar-refractivity contribution >= 4 is 23.8 Å². The number of amides is 1. The maximum absolute atomic E-state index is 11.5. The quantitative estimate of drug-likeness (QED) is 0.0640. The second-order valence-electron chi connectivity index (χ2n) is 9.72. The van der Waals surface area contributed by atoms with Gasteiger partial charge in [0, 0.05) is 13.0 Å². The van der Waals surface area contributed by atoms with Gasteiger partial charge in [0.1, 0.15) is 12.1 Å². The average molecular weight is 530 g/mol. The van der Waals surface area contributed by atoms with Gasteiger partial charge < -0.3 is 32.7 Å². The van der Waals surface area contributed by atoms with E-state index in [2.05, 4.69) is 17.2 Å². The Balaban J connectivity index is 0. The molecular formula is C27H55N5O5. The summed E-state index contributed by atoms with van der Waals surface area (Å²) in [7, 11) is 0. The lowest BCUT2D eigenvalue weighted by Crippen LogP contribution is -2.38. The molecule has 10 heteroatoms. The number of carbonyl (C=O) groups excluding carboxylic acids is 1. The maximum Gasteiger partial charge on any atom is 0.325 e. The summed E-state index contributed by atoms with van der Waals surface area (Å²) in [5.41, 5.74) is 15.3. The van der Waals surface area contributed by atoms with Crippen LogP contribution in [0.25, 0.3) is 0 Å². The van der Waals surface area contributed by atoms with Crippen molar-refractivity contribution in [3.8, 4) is 0 Å². The van der Waals surface area contributed by atoms with Crippen molar-refractivity contribution < 1.29 is 24.6 Å². The van der Waals surface area contributed by atoms with Gasteiger partial charge in [-0.3, -0.25) is 19.4 Å². The molecule has 2 atom stereocenters. The van der Waals surface area contributed by atoms with E-state index in [0.717, 1.165) is 12.8 Å². The molecule has 10 nitrogen and oxygen atoms in total. The molecule has 0 aliphatic carbocycles. The second-order valence-corrected chi connectivity index (χ2v) is 9.72. The number of carbonyl (C=O) groups is 3. The Labute approximate surface area is 224 Å². The number of rotatable bonds is 23. The highest BCUT2D eigenvalue weighted by Gasteiger charge is 2.13. The van der Waals surface area contributed by atoms with E-state index in [-0.39, 0.29) is 11.9 Å². The number of nitrogens with one attached hydrogen (secondary N) is 1. The van der Waals surface area contributed by atoms with Crippen molar-refractivity contribution in [2.24, 2.45) is 22.2 Å². The van der Waals surface area contributed by atoms with E-state index in [9.17, 15) is 14.4 Å². The van der Waals surface area contributed by atoms with Gasteiger partial charge in [0.15, 0.2) is 5.96 Å². The number of hydrogen-bond donors (Lipinski definition) is 6. The Kier molecular flexibility index (Phi) is 26.5. The number of hydrogen-bond acceptors (Lipinski definition) is 5. The van der Waals surface area contributed by atoms with Gasteiger partial charge in [-0.1, -0.05) is 96.8 Å². The van der Waals surface area contributed by atoms with E-state index in [1.54, 1.807) is 0 Å². The number of carboxylic acid groups (broad SMARTS) is 2. The molecule has 218 valence electrons. The minimum absolute atomic E-state index is 0.0129. The zero-order valence-electron chi connectivity index (χ0n) is 23.4. The summed E-state index contributed by atoms with van der Waals surface area (Å²) < 4.78 is 0. The number of aliphatic imine (C=N–C) groups is 1. The first-order chi connectivity index (χ1) is 17.6. The molecule has 0 radical (unpaired) electrons. The fourth-order valence-electron chi connectivity index (χ4n) is 3.68. The van der Waals surface area contributed by atoms with Crippen molar-refractivity contribution in [2.75, 3.05) is 6.54 Å². The van der Waals surface area contributed by atoms with Crippen LogP contribution in [-0.2, 0) is 14.4 Å². The third-order valence-electron chi connectivity index (χ3n) is 6.04. The number of nitrogens with two attached hydrogens (primary N) is 3. The largest absolute Gasteiger partial charge is 0.480 e. The molecule has 0 bridgehead atoms. The molecule has 9 N–H and O–H groups in total. The first-order valence-electron chi connectivity index (χ1n) is 14.2. The van der Waals surface area contributed by atoms with Crippen LogP contribution in [0, 0.1) is 0 Å². The fraction of sp³-hybridized carbons (Fsp3) is 0.852. The summed E-state index contributed by atoms with van der Waals surface area (Å²) in [5.74, 6) is -2.12. The van der Waals surface area contributed by atoms with Gasteiger partial charge in [0.25, 0.3) is 0 Å². The number of nitrogens with zero attached hydrogens (tertiary/aromatic N) is 1. The van der Waals surface area contributed by atoms with E-state index in [1.807, 2.05) is 0 Å². The zero-order chi connectivity index (χ0) is 28.3. The van der Waals surface area contributed by atoms with Gasteiger partial charge in [-0.05, 0) is 26.2 Å². The van der Waals surface area contributed by atoms with Crippen LogP contribution < -0.4 is 22.5 Å². The Hall–Kier alpha value is -2.36. The first kappa shape index (κ1) is 36.8. The van der Waals surface area contributed by atoms with Crippen LogP contribution in [-0.4, -0.2) is 52.6 Å². The highest BCUT2D eigenvalue weighted by Crippen LogP contribution is 2.13. The lowest BCUT2D eigenvalue weighted by molar-refractivity contribution is -0.141. The van der Waals surface area contributed by atoms with E-state index in [4.69, 9.17) is 27.4 Å². The molecule has 0 saturated carbocycles. The second kappa shape index (κ2) is 26.7. The van der Waals surface area contributed by atoms with E-state index in [1.165, 1.54) is 90.4 Å². The molecule has 1 unspecified atom stereocenters. The summed E-state index contributed by atoms with van der Waals surface area (Å²) >= 11 is 0. The van der Waals surface area contributed by atoms with Gasteiger partial charge >= 0.3 is 11.9 Å². The standard InChI is InChI=1S/C21H41NO3.C6H14N4O2/c1-3-4-5-6-7-8-9-10-11-12-13-14-15-16-17-18-20(23)22-19(2)21(24)25;7-4(5(11)12)2-1-3-10-6(8)9/h19H,3-18H2,1-2H3,(H,22,23)(H,24,25);4H,1-3,7H2,(H,11,12)(H4,8,9,10)/t19-;/m0./s1. The summed E-state index contributed by atoms with van der Waals surface area (Å²) in [4.78, 5) is 36.0. The van der Waals surface area contributed by atoms with Gasteiger partial charge in [-0.25, -0.2) is 0 Å². The normalized spacial score (nSPS) is 12.1. The Bertz CT molecular complexity index is 612. The van der Waals surface area contributed by atoms with Gasteiger partial charge in [-0.2, -0.15) is 0 Å². The molecule has 0 aliphatic rings. The molecule has 0 aliphatic heterocycles. The minimum atomic E-state index is -1.00. The predicted octanol–water partition coefficient (Wildman–Crippen LogP) is 4.29. The van der Waals surface area contributed by atoms with Gasteiger partial charge in [-0.15, -0.1) is 0 Å². The van der Waals surface area contributed by atoms with Crippen LogP contribution in [0.4, 0.5) is 0 Å². The van der Waals surface area contributed by atoms with Crippen LogP contribution in [0.3, 0.4) is 0 Å². The molecule has 0 spiro atoms. The van der Waals surface area contributed by atoms with Crippen LogP contribution in [0.1, 0.15) is 129 Å². The van der Waals surface area contributed by atoms with E-state index in [0.29, 0.717) is 25.8 Å². The zero-order valence-corrected chi connectivity index (χ0v) is 23.4. The summed E-state index contributed by atoms with van der Waals surface area (Å²) in [6.45, 7) is 4.18. The van der Waals surface area contributed by atoms with Crippen LogP contribution >= 0.6 is 0 Å². The van der Waals surface area contributed by atoms with Crippen molar-refractivity contribution in [2.45, 2.75) is 142 Å². The molecule has 0 heterocycles. The predicted molar refractivity (Wildman–Crippen MR) is 150 cm³/mol. The van der Waals surface area contributed by atoms with Crippen LogP contribution in [0.5, 0.6) is 0 Å².